The van der Waals surface area contributed by atoms with Crippen molar-refractivity contribution in [1.29, 1.82) is 0 Å². The van der Waals surface area contributed by atoms with Crippen LogP contribution in [0.15, 0.2) is 18.2 Å². The molecule has 0 radical (unpaired) electrons. The van der Waals surface area contributed by atoms with Gasteiger partial charge in [0, 0.05) is 12.6 Å². The molecule has 3 nitrogen and oxygen atoms in total. The Bertz CT molecular complexity index is 447. The van der Waals surface area contributed by atoms with E-state index in [-0.39, 0.29) is 30.4 Å². The fourth-order valence-corrected chi connectivity index (χ4v) is 2.12. The number of rotatable bonds is 7. The maximum Gasteiger partial charge on any atom is 0.224 e. The molecule has 1 aromatic rings. The second kappa shape index (κ2) is 7.94. The smallest absolute Gasteiger partial charge is 0.224 e. The molecule has 20 heavy (non-hydrogen) atoms. The third-order valence-corrected chi connectivity index (χ3v) is 3.47. The molecule has 0 aliphatic carbocycles. The van der Waals surface area contributed by atoms with Crippen molar-refractivity contribution in [3.63, 3.8) is 0 Å². The van der Waals surface area contributed by atoms with Crippen molar-refractivity contribution in [2.75, 3.05) is 6.54 Å². The van der Waals surface area contributed by atoms with Gasteiger partial charge < -0.3 is 10.4 Å². The van der Waals surface area contributed by atoms with Crippen LogP contribution < -0.4 is 5.32 Å². The van der Waals surface area contributed by atoms with Crippen LogP contribution in [-0.2, 0) is 11.2 Å². The first-order valence-electron chi connectivity index (χ1n) is 6.86. The van der Waals surface area contributed by atoms with E-state index in [0.717, 1.165) is 25.0 Å². The predicted molar refractivity (Wildman–Crippen MR) is 73.2 cm³/mol. The average Bonchev–Trinajstić information content (AvgIpc) is 2.41. The Labute approximate surface area is 118 Å². The lowest BCUT2D eigenvalue weighted by atomic mass is 9.96. The van der Waals surface area contributed by atoms with Crippen molar-refractivity contribution < 1.29 is 18.7 Å². The lowest BCUT2D eigenvalue weighted by molar-refractivity contribution is -0.121. The summed E-state index contributed by atoms with van der Waals surface area (Å²) in [6, 6.07) is 3.12. The fraction of sp³-hybridized carbons (Fsp3) is 0.533. The van der Waals surface area contributed by atoms with E-state index >= 15 is 0 Å². The molecule has 1 rings (SSSR count). The van der Waals surface area contributed by atoms with Gasteiger partial charge in [0.1, 0.15) is 11.6 Å². The molecule has 0 saturated carbocycles. The summed E-state index contributed by atoms with van der Waals surface area (Å²) in [6.45, 7) is 4.11. The number of carbonyl (C=O) groups is 1. The SMILES string of the molecule is CCC(CC)C(O)CNC(=O)Cc1ccc(F)cc1F. The van der Waals surface area contributed by atoms with Gasteiger partial charge in [-0.3, -0.25) is 4.79 Å². The first-order chi connectivity index (χ1) is 9.47. The third kappa shape index (κ3) is 4.89. The van der Waals surface area contributed by atoms with Crippen molar-refractivity contribution >= 4 is 5.91 Å². The van der Waals surface area contributed by atoms with E-state index in [1.54, 1.807) is 0 Å². The first kappa shape index (κ1) is 16.6. The molecule has 1 aromatic carbocycles. The minimum absolute atomic E-state index is 0.137. The van der Waals surface area contributed by atoms with Gasteiger partial charge in [-0.2, -0.15) is 0 Å². The molecule has 1 unspecified atom stereocenters. The Morgan fingerprint density at radius 2 is 1.95 bits per heavy atom. The minimum atomic E-state index is -0.735. The highest BCUT2D eigenvalue weighted by atomic mass is 19.1. The summed E-state index contributed by atoms with van der Waals surface area (Å²) < 4.78 is 26.1. The summed E-state index contributed by atoms with van der Waals surface area (Å²) in [6.07, 6.45) is 0.897. The van der Waals surface area contributed by atoms with E-state index in [1.165, 1.54) is 6.07 Å². The molecule has 0 aromatic heterocycles. The predicted octanol–water partition coefficient (Wildman–Crippen LogP) is 2.42. The summed E-state index contributed by atoms with van der Waals surface area (Å²) in [4.78, 5) is 11.7. The standard InChI is InChI=1S/C15H21F2NO2/c1-3-10(4-2)14(19)9-18-15(20)7-11-5-6-12(16)8-13(11)17/h5-6,8,10,14,19H,3-4,7,9H2,1-2H3,(H,18,20). The van der Waals surface area contributed by atoms with Crippen LogP contribution in [0.2, 0.25) is 0 Å². The van der Waals surface area contributed by atoms with Crippen molar-refractivity contribution in [2.24, 2.45) is 5.92 Å². The highest BCUT2D eigenvalue weighted by molar-refractivity contribution is 5.78. The Kier molecular flexibility index (Phi) is 6.58. The summed E-state index contributed by atoms with van der Waals surface area (Å²) in [5, 5.41) is 12.4. The van der Waals surface area contributed by atoms with E-state index in [4.69, 9.17) is 0 Å². The van der Waals surface area contributed by atoms with Crippen LogP contribution in [0, 0.1) is 17.6 Å². The van der Waals surface area contributed by atoms with Crippen LogP contribution >= 0.6 is 0 Å². The fourth-order valence-electron chi connectivity index (χ4n) is 2.12. The van der Waals surface area contributed by atoms with Crippen LogP contribution in [0.5, 0.6) is 0 Å². The van der Waals surface area contributed by atoms with Gasteiger partial charge in [0.2, 0.25) is 5.91 Å². The van der Waals surface area contributed by atoms with Gasteiger partial charge in [-0.05, 0) is 17.5 Å². The lowest BCUT2D eigenvalue weighted by Gasteiger charge is -2.20. The van der Waals surface area contributed by atoms with E-state index < -0.39 is 17.7 Å². The maximum atomic E-state index is 13.4. The zero-order chi connectivity index (χ0) is 15.1. The van der Waals surface area contributed by atoms with Gasteiger partial charge in [-0.1, -0.05) is 32.8 Å². The molecule has 2 N–H and O–H groups in total. The van der Waals surface area contributed by atoms with Gasteiger partial charge in [0.05, 0.1) is 12.5 Å². The summed E-state index contributed by atoms with van der Waals surface area (Å²) in [5.74, 6) is -1.66. The number of aliphatic hydroxyl groups is 1. The Morgan fingerprint density at radius 1 is 1.30 bits per heavy atom. The van der Waals surface area contributed by atoms with Crippen LogP contribution in [0.4, 0.5) is 8.78 Å². The van der Waals surface area contributed by atoms with Gasteiger partial charge in [-0.15, -0.1) is 0 Å². The molecule has 5 heteroatoms. The number of hydrogen-bond donors (Lipinski definition) is 2. The van der Waals surface area contributed by atoms with E-state index in [0.29, 0.717) is 0 Å². The number of benzene rings is 1. The van der Waals surface area contributed by atoms with E-state index in [2.05, 4.69) is 5.32 Å². The zero-order valence-electron chi connectivity index (χ0n) is 11.8. The number of nitrogens with one attached hydrogen (secondary N) is 1. The molecule has 112 valence electrons. The molecule has 0 aliphatic rings. The zero-order valence-corrected chi connectivity index (χ0v) is 11.8. The molecule has 0 fully saturated rings. The number of aliphatic hydroxyl groups excluding tert-OH is 1. The molecule has 0 bridgehead atoms. The molecule has 1 amide bonds. The molecular formula is C15H21F2NO2. The van der Waals surface area contributed by atoms with Crippen LogP contribution in [0.25, 0.3) is 0 Å². The van der Waals surface area contributed by atoms with Crippen molar-refractivity contribution in [2.45, 2.75) is 39.2 Å². The average molecular weight is 285 g/mol. The topological polar surface area (TPSA) is 49.3 Å². The van der Waals surface area contributed by atoms with Crippen LogP contribution in [0.3, 0.4) is 0 Å². The minimum Gasteiger partial charge on any atom is -0.391 e. The van der Waals surface area contributed by atoms with Crippen molar-refractivity contribution in [3.05, 3.63) is 35.4 Å². The number of amides is 1. The quantitative estimate of drug-likeness (QED) is 0.808. The second-order valence-corrected chi connectivity index (χ2v) is 4.86. The second-order valence-electron chi connectivity index (χ2n) is 4.86. The number of carbonyl (C=O) groups excluding carboxylic acids is 1. The largest absolute Gasteiger partial charge is 0.391 e. The van der Waals surface area contributed by atoms with Gasteiger partial charge >= 0.3 is 0 Å². The number of halogens is 2. The summed E-state index contributed by atoms with van der Waals surface area (Å²) in [5.41, 5.74) is 0.140. The van der Waals surface area contributed by atoms with Crippen molar-refractivity contribution in [3.8, 4) is 0 Å². The normalized spacial score (nSPS) is 12.5. The Hall–Kier alpha value is -1.49. The van der Waals surface area contributed by atoms with Crippen molar-refractivity contribution in [1.82, 2.24) is 5.32 Å². The first-order valence-corrected chi connectivity index (χ1v) is 6.86. The summed E-state index contributed by atoms with van der Waals surface area (Å²) >= 11 is 0. The van der Waals surface area contributed by atoms with Crippen LogP contribution in [-0.4, -0.2) is 23.7 Å². The highest BCUT2D eigenvalue weighted by Gasteiger charge is 2.16. The molecule has 0 saturated heterocycles. The Balaban J connectivity index is 2.48. The third-order valence-electron chi connectivity index (χ3n) is 3.47. The number of hydrogen-bond acceptors (Lipinski definition) is 2. The van der Waals surface area contributed by atoms with Gasteiger partial charge in [0.25, 0.3) is 0 Å². The Morgan fingerprint density at radius 3 is 2.50 bits per heavy atom. The molecule has 0 heterocycles. The van der Waals surface area contributed by atoms with Gasteiger partial charge in [-0.25, -0.2) is 8.78 Å². The van der Waals surface area contributed by atoms with Crippen LogP contribution in [0.1, 0.15) is 32.3 Å². The maximum absolute atomic E-state index is 13.4. The monoisotopic (exact) mass is 285 g/mol. The molecular weight excluding hydrogens is 264 g/mol. The highest BCUT2D eigenvalue weighted by Crippen LogP contribution is 2.13. The lowest BCUT2D eigenvalue weighted by Crippen LogP contribution is -2.36. The molecule has 1 atom stereocenters. The summed E-state index contributed by atoms with van der Waals surface area (Å²) in [7, 11) is 0. The van der Waals surface area contributed by atoms with E-state index in [1.807, 2.05) is 13.8 Å². The molecule has 0 aliphatic heterocycles. The van der Waals surface area contributed by atoms with E-state index in [9.17, 15) is 18.7 Å². The van der Waals surface area contributed by atoms with Gasteiger partial charge in [0.15, 0.2) is 0 Å². The molecule has 0 spiro atoms.